The molecular formula is C32H37N3O5. The van der Waals surface area contributed by atoms with E-state index in [1.807, 2.05) is 73.7 Å². The summed E-state index contributed by atoms with van der Waals surface area (Å²) in [5, 5.41) is 11.3. The van der Waals surface area contributed by atoms with E-state index in [2.05, 4.69) is 0 Å². The third-order valence-electron chi connectivity index (χ3n) is 9.11. The Kier molecular flexibility index (Phi) is 6.79. The number of rotatable bonds is 7. The average molecular weight is 544 g/mol. The van der Waals surface area contributed by atoms with Crippen molar-refractivity contribution < 1.29 is 24.2 Å². The van der Waals surface area contributed by atoms with Crippen LogP contribution in [0.25, 0.3) is 10.8 Å². The number of aliphatic hydroxyl groups is 1. The van der Waals surface area contributed by atoms with Gasteiger partial charge in [-0.1, -0.05) is 67.5 Å². The Labute approximate surface area is 234 Å². The van der Waals surface area contributed by atoms with Crippen molar-refractivity contribution in [2.24, 2.45) is 11.8 Å². The number of hydrogen-bond acceptors (Lipinski definition) is 5. The first-order valence-corrected chi connectivity index (χ1v) is 14.3. The van der Waals surface area contributed by atoms with Crippen molar-refractivity contribution in [1.29, 1.82) is 0 Å². The van der Waals surface area contributed by atoms with Crippen molar-refractivity contribution in [3.05, 3.63) is 66.8 Å². The molecule has 210 valence electrons. The van der Waals surface area contributed by atoms with Crippen LogP contribution in [0.3, 0.4) is 0 Å². The molecule has 4 aliphatic heterocycles. The fourth-order valence-electron chi connectivity index (χ4n) is 7.21. The van der Waals surface area contributed by atoms with E-state index in [0.29, 0.717) is 32.5 Å². The van der Waals surface area contributed by atoms with Gasteiger partial charge in [0.05, 0.1) is 17.4 Å². The normalized spacial score (nSPS) is 31.4. The smallest absolute Gasteiger partial charge is 0.253 e. The Morgan fingerprint density at radius 1 is 0.875 bits per heavy atom. The predicted molar refractivity (Wildman–Crippen MR) is 152 cm³/mol. The summed E-state index contributed by atoms with van der Waals surface area (Å²) >= 11 is 0. The summed E-state index contributed by atoms with van der Waals surface area (Å²) in [4.78, 5) is 47.6. The van der Waals surface area contributed by atoms with Crippen molar-refractivity contribution in [3.8, 4) is 0 Å². The number of anilines is 1. The van der Waals surface area contributed by atoms with Gasteiger partial charge in [-0.15, -0.1) is 0 Å². The van der Waals surface area contributed by atoms with E-state index in [-0.39, 0.29) is 24.3 Å². The number of unbranched alkanes of at least 4 members (excludes halogenated alkanes) is 3. The molecule has 2 aromatic rings. The molecule has 4 aliphatic rings. The Balaban J connectivity index is 1.42. The zero-order valence-corrected chi connectivity index (χ0v) is 23.2. The van der Waals surface area contributed by atoms with Gasteiger partial charge >= 0.3 is 0 Å². The maximum atomic E-state index is 14.6. The second kappa shape index (κ2) is 10.2. The van der Waals surface area contributed by atoms with Crippen LogP contribution in [0.2, 0.25) is 0 Å². The Bertz CT molecular complexity index is 1400. The summed E-state index contributed by atoms with van der Waals surface area (Å²) in [5.41, 5.74) is -1.49. The predicted octanol–water partition coefficient (Wildman–Crippen LogP) is 3.29. The lowest BCUT2D eigenvalue weighted by atomic mass is 9.74. The molecule has 3 amide bonds. The molecule has 0 aliphatic carbocycles. The molecule has 0 radical (unpaired) electrons. The highest BCUT2D eigenvalue weighted by molar-refractivity contribution is 6.06. The van der Waals surface area contributed by atoms with Crippen LogP contribution in [0, 0.1) is 11.8 Å². The summed E-state index contributed by atoms with van der Waals surface area (Å²) in [6.45, 7) is 3.19. The average Bonchev–Trinajstić information content (AvgIpc) is 3.22. The van der Waals surface area contributed by atoms with Crippen molar-refractivity contribution in [1.82, 2.24) is 9.80 Å². The second-order valence-electron chi connectivity index (χ2n) is 11.7. The fraction of sp³-hybridized carbons (Fsp3) is 0.469. The van der Waals surface area contributed by atoms with Gasteiger partial charge in [-0.2, -0.15) is 0 Å². The van der Waals surface area contributed by atoms with E-state index >= 15 is 0 Å². The monoisotopic (exact) mass is 543 g/mol. The van der Waals surface area contributed by atoms with Crippen LogP contribution in [0.4, 0.5) is 5.69 Å². The number of carbonyl (C=O) groups excluding carboxylic acids is 3. The highest BCUT2D eigenvalue weighted by Crippen LogP contribution is 2.57. The second-order valence-corrected chi connectivity index (χ2v) is 11.7. The number of amides is 3. The van der Waals surface area contributed by atoms with Crippen molar-refractivity contribution in [2.45, 2.75) is 49.9 Å². The largest absolute Gasteiger partial charge is 0.396 e. The van der Waals surface area contributed by atoms with Crippen LogP contribution in [-0.4, -0.2) is 83.2 Å². The highest BCUT2D eigenvalue weighted by Gasteiger charge is 2.74. The lowest BCUT2D eigenvalue weighted by Gasteiger charge is -2.37. The van der Waals surface area contributed by atoms with Gasteiger partial charge in [-0.3, -0.25) is 14.4 Å². The number of hydrogen-bond donors (Lipinski definition) is 1. The molecule has 1 unspecified atom stereocenters. The first kappa shape index (κ1) is 26.7. The van der Waals surface area contributed by atoms with Gasteiger partial charge in [-0.25, -0.2) is 0 Å². The summed E-state index contributed by atoms with van der Waals surface area (Å²) in [6, 6.07) is 13.1. The van der Waals surface area contributed by atoms with E-state index < -0.39 is 29.1 Å². The molecule has 8 heteroatoms. The zero-order valence-electron chi connectivity index (χ0n) is 23.2. The number of aliphatic hydroxyl groups excluding tert-OH is 1. The van der Waals surface area contributed by atoms with Gasteiger partial charge < -0.3 is 24.5 Å². The molecule has 0 aromatic heterocycles. The third kappa shape index (κ3) is 4.08. The minimum absolute atomic E-state index is 0.136. The topological polar surface area (TPSA) is 90.4 Å². The standard InChI is InChI=1S/C32H37N3O5/c1-31-15-9-17-33(2)28(37)25(31)26-29(38)35(18-7-3-4-8-20-36)27-30(39)34(19-10-16-32(26,27)40-31)24-14-13-22-11-5-6-12-23(22)21-24/h5-6,9-16,21,25-27,36H,3-4,7-8,17-20H2,1-2H3/t25-,26-,27?,31+,32-/m0/s1. The molecule has 1 spiro atoms. The molecule has 6 rings (SSSR count). The molecule has 40 heavy (non-hydrogen) atoms. The van der Waals surface area contributed by atoms with Crippen LogP contribution < -0.4 is 4.90 Å². The van der Waals surface area contributed by atoms with Crippen LogP contribution in [-0.2, 0) is 19.1 Å². The molecule has 5 atom stereocenters. The van der Waals surface area contributed by atoms with Gasteiger partial charge in [0, 0.05) is 39.0 Å². The van der Waals surface area contributed by atoms with Crippen LogP contribution in [0.1, 0.15) is 32.6 Å². The maximum absolute atomic E-state index is 14.6. The molecule has 2 saturated heterocycles. The van der Waals surface area contributed by atoms with Gasteiger partial charge in [-0.05, 0) is 42.7 Å². The lowest BCUT2D eigenvalue weighted by molar-refractivity contribution is -0.148. The van der Waals surface area contributed by atoms with Crippen LogP contribution in [0.15, 0.2) is 66.8 Å². The first-order chi connectivity index (χ1) is 19.3. The van der Waals surface area contributed by atoms with Gasteiger partial charge in [0.2, 0.25) is 11.8 Å². The van der Waals surface area contributed by atoms with Crippen LogP contribution >= 0.6 is 0 Å². The Hall–Kier alpha value is -3.49. The molecule has 0 bridgehead atoms. The molecule has 2 aromatic carbocycles. The number of likely N-dealkylation sites (tertiary alicyclic amines) is 1. The van der Waals surface area contributed by atoms with Crippen LogP contribution in [0.5, 0.6) is 0 Å². The number of carbonyl (C=O) groups is 3. The van der Waals surface area contributed by atoms with Crippen molar-refractivity contribution in [3.63, 3.8) is 0 Å². The molecule has 0 saturated carbocycles. The number of benzene rings is 2. The Morgan fingerprint density at radius 2 is 1.62 bits per heavy atom. The maximum Gasteiger partial charge on any atom is 0.253 e. The number of fused-ring (bicyclic) bond motifs is 3. The molecule has 2 fully saturated rings. The summed E-state index contributed by atoms with van der Waals surface area (Å²) in [7, 11) is 1.74. The number of nitrogens with zero attached hydrogens (tertiary/aromatic N) is 3. The summed E-state index contributed by atoms with van der Waals surface area (Å²) in [6.07, 6.45) is 10.7. The first-order valence-electron chi connectivity index (χ1n) is 14.3. The third-order valence-corrected chi connectivity index (χ3v) is 9.11. The molecule has 1 N–H and O–H groups in total. The van der Waals surface area contributed by atoms with E-state index in [9.17, 15) is 19.5 Å². The van der Waals surface area contributed by atoms with E-state index in [1.165, 1.54) is 0 Å². The minimum Gasteiger partial charge on any atom is -0.396 e. The van der Waals surface area contributed by atoms with Gasteiger partial charge in [0.25, 0.3) is 5.91 Å². The highest BCUT2D eigenvalue weighted by atomic mass is 16.5. The fourth-order valence-corrected chi connectivity index (χ4v) is 7.21. The number of ether oxygens (including phenoxy) is 1. The summed E-state index contributed by atoms with van der Waals surface area (Å²) < 4.78 is 6.85. The zero-order chi connectivity index (χ0) is 28.1. The molecule has 8 nitrogen and oxygen atoms in total. The number of likely N-dealkylation sites (N-methyl/N-ethyl adjacent to an activating group) is 1. The van der Waals surface area contributed by atoms with Crippen molar-refractivity contribution in [2.75, 3.05) is 38.2 Å². The van der Waals surface area contributed by atoms with Gasteiger partial charge in [0.1, 0.15) is 11.6 Å². The van der Waals surface area contributed by atoms with Gasteiger partial charge in [0.15, 0.2) is 0 Å². The van der Waals surface area contributed by atoms with E-state index in [0.717, 1.165) is 29.3 Å². The SMILES string of the molecule is CN1CC=C[C@@]2(C)O[C@]34C=CCN(c5ccc6ccccc6c5)C(=O)C3N(CCCCCCO)C(=O)[C@@H]4[C@H]2C1=O. The molecular weight excluding hydrogens is 506 g/mol. The van der Waals surface area contributed by atoms with E-state index in [4.69, 9.17) is 4.74 Å². The quantitative estimate of drug-likeness (QED) is 0.428. The Morgan fingerprint density at radius 3 is 2.42 bits per heavy atom. The van der Waals surface area contributed by atoms with Crippen molar-refractivity contribution >= 4 is 34.2 Å². The molecule has 4 heterocycles. The minimum atomic E-state index is -1.25. The van der Waals surface area contributed by atoms with E-state index in [1.54, 1.807) is 21.7 Å². The summed E-state index contributed by atoms with van der Waals surface area (Å²) in [5.74, 6) is -2.06. The lowest BCUT2D eigenvalue weighted by Crippen LogP contribution is -2.56.